The Morgan fingerprint density at radius 1 is 0.852 bits per heavy atom. The van der Waals surface area contributed by atoms with Crippen LogP contribution < -0.4 is 5.32 Å². The Bertz CT molecular complexity index is 445. The Hall–Kier alpha value is -0.900. The van der Waals surface area contributed by atoms with Crippen LogP contribution in [0.4, 0.5) is 0 Å². The summed E-state index contributed by atoms with van der Waals surface area (Å²) in [5.74, 6) is 0.00810. The van der Waals surface area contributed by atoms with Gasteiger partial charge in [-0.2, -0.15) is 0 Å². The van der Waals surface area contributed by atoms with Crippen LogP contribution in [0, 0.1) is 5.92 Å². The molecule has 0 fully saturated rings. The molecule has 0 saturated carbocycles. The van der Waals surface area contributed by atoms with Crippen LogP contribution in [0.3, 0.4) is 0 Å². The van der Waals surface area contributed by atoms with Gasteiger partial charge in [-0.3, -0.25) is 0 Å². The van der Waals surface area contributed by atoms with E-state index in [1.54, 1.807) is 14.2 Å². The minimum Gasteiger partial charge on any atom is -0.353 e. The van der Waals surface area contributed by atoms with E-state index in [1.165, 1.54) is 69.8 Å². The molecule has 0 heterocycles. The standard InChI is InChI=1S/C24H43NO2/c1-5-6-7-8-9-13-18-23(24(2,26-3)27-4)19-14-15-20-25-21-22-16-11-10-12-17-22/h10-12,16-17,23,25H,5-9,13-15,18-21H2,1-4H3. The molecule has 3 nitrogen and oxygen atoms in total. The number of hydrogen-bond acceptors (Lipinski definition) is 3. The lowest BCUT2D eigenvalue weighted by Gasteiger charge is -2.35. The average molecular weight is 378 g/mol. The molecular weight excluding hydrogens is 334 g/mol. The lowest BCUT2D eigenvalue weighted by Crippen LogP contribution is -2.39. The minimum atomic E-state index is -0.457. The monoisotopic (exact) mass is 377 g/mol. The summed E-state index contributed by atoms with van der Waals surface area (Å²) in [5, 5.41) is 3.55. The van der Waals surface area contributed by atoms with Crippen LogP contribution in [0.2, 0.25) is 0 Å². The van der Waals surface area contributed by atoms with Gasteiger partial charge < -0.3 is 14.8 Å². The first kappa shape index (κ1) is 24.1. The maximum absolute atomic E-state index is 5.74. The van der Waals surface area contributed by atoms with Crippen molar-refractivity contribution < 1.29 is 9.47 Å². The Kier molecular flexibility index (Phi) is 13.5. The first-order valence-corrected chi connectivity index (χ1v) is 11.0. The first-order valence-electron chi connectivity index (χ1n) is 11.0. The second-order valence-corrected chi connectivity index (χ2v) is 7.84. The quantitative estimate of drug-likeness (QED) is 0.254. The van der Waals surface area contributed by atoms with E-state index >= 15 is 0 Å². The number of methoxy groups -OCH3 is 2. The molecule has 0 aliphatic rings. The van der Waals surface area contributed by atoms with E-state index in [0.29, 0.717) is 5.92 Å². The molecule has 27 heavy (non-hydrogen) atoms. The zero-order valence-electron chi connectivity index (χ0n) is 18.3. The minimum absolute atomic E-state index is 0.457. The zero-order valence-corrected chi connectivity index (χ0v) is 18.3. The van der Waals surface area contributed by atoms with Crippen LogP contribution in [0.15, 0.2) is 30.3 Å². The predicted octanol–water partition coefficient (Wildman–Crippen LogP) is 6.32. The van der Waals surface area contributed by atoms with Crippen LogP contribution in [-0.2, 0) is 16.0 Å². The largest absolute Gasteiger partial charge is 0.353 e. The van der Waals surface area contributed by atoms with Crippen LogP contribution >= 0.6 is 0 Å². The second kappa shape index (κ2) is 15.1. The molecule has 1 unspecified atom stereocenters. The SMILES string of the molecule is CCCCCCCCC(CCCCNCc1ccccc1)C(C)(OC)OC. The highest BCUT2D eigenvalue weighted by atomic mass is 16.7. The van der Waals surface area contributed by atoms with Gasteiger partial charge in [0.15, 0.2) is 5.79 Å². The van der Waals surface area contributed by atoms with Crippen molar-refractivity contribution in [2.45, 2.75) is 90.4 Å². The molecule has 0 aromatic heterocycles. The van der Waals surface area contributed by atoms with Crippen molar-refractivity contribution in [3.8, 4) is 0 Å². The van der Waals surface area contributed by atoms with Gasteiger partial charge in [-0.05, 0) is 38.3 Å². The van der Waals surface area contributed by atoms with Crippen molar-refractivity contribution in [1.29, 1.82) is 0 Å². The van der Waals surface area contributed by atoms with Crippen LogP contribution in [0.5, 0.6) is 0 Å². The predicted molar refractivity (Wildman–Crippen MR) is 116 cm³/mol. The van der Waals surface area contributed by atoms with Crippen molar-refractivity contribution in [3.05, 3.63) is 35.9 Å². The lowest BCUT2D eigenvalue weighted by atomic mass is 9.88. The van der Waals surface area contributed by atoms with Gasteiger partial charge in [-0.25, -0.2) is 0 Å². The van der Waals surface area contributed by atoms with E-state index in [1.807, 2.05) is 0 Å². The van der Waals surface area contributed by atoms with Crippen molar-refractivity contribution in [2.75, 3.05) is 20.8 Å². The molecule has 1 N–H and O–H groups in total. The molecule has 0 aliphatic carbocycles. The van der Waals surface area contributed by atoms with E-state index in [2.05, 4.69) is 49.5 Å². The summed E-state index contributed by atoms with van der Waals surface area (Å²) in [6.45, 7) is 6.39. The van der Waals surface area contributed by atoms with Crippen molar-refractivity contribution >= 4 is 0 Å². The summed E-state index contributed by atoms with van der Waals surface area (Å²) in [4.78, 5) is 0. The second-order valence-electron chi connectivity index (χ2n) is 7.84. The van der Waals surface area contributed by atoms with Crippen LogP contribution in [-0.4, -0.2) is 26.6 Å². The fourth-order valence-electron chi connectivity index (χ4n) is 3.73. The molecule has 156 valence electrons. The third kappa shape index (κ3) is 10.3. The normalized spacial score (nSPS) is 13.0. The zero-order chi connectivity index (χ0) is 19.8. The molecule has 0 spiro atoms. The highest BCUT2D eigenvalue weighted by molar-refractivity contribution is 5.14. The van der Waals surface area contributed by atoms with E-state index in [4.69, 9.17) is 9.47 Å². The van der Waals surface area contributed by atoms with Crippen molar-refractivity contribution in [1.82, 2.24) is 5.32 Å². The Labute approximate surface area is 168 Å². The van der Waals surface area contributed by atoms with E-state index < -0.39 is 5.79 Å². The Morgan fingerprint density at radius 3 is 2.07 bits per heavy atom. The summed E-state index contributed by atoms with van der Waals surface area (Å²) >= 11 is 0. The van der Waals surface area contributed by atoms with Gasteiger partial charge in [0.25, 0.3) is 0 Å². The Balaban J connectivity index is 2.27. The Morgan fingerprint density at radius 2 is 1.44 bits per heavy atom. The summed E-state index contributed by atoms with van der Waals surface area (Å²) in [5.41, 5.74) is 1.35. The third-order valence-electron chi connectivity index (χ3n) is 5.79. The average Bonchev–Trinajstić information content (AvgIpc) is 2.71. The lowest BCUT2D eigenvalue weighted by molar-refractivity contribution is -0.230. The van der Waals surface area contributed by atoms with Crippen molar-refractivity contribution in [3.63, 3.8) is 0 Å². The van der Waals surface area contributed by atoms with Crippen molar-refractivity contribution in [2.24, 2.45) is 5.92 Å². The molecule has 1 aromatic rings. The highest BCUT2D eigenvalue weighted by Crippen LogP contribution is 2.31. The number of rotatable bonds is 17. The smallest absolute Gasteiger partial charge is 0.167 e. The molecule has 0 bridgehead atoms. The van der Waals surface area contributed by atoms with E-state index in [0.717, 1.165) is 13.1 Å². The summed E-state index contributed by atoms with van der Waals surface area (Å²) in [6.07, 6.45) is 12.8. The molecule has 0 radical (unpaired) electrons. The molecule has 3 heteroatoms. The van der Waals surface area contributed by atoms with Gasteiger partial charge in [0, 0.05) is 26.7 Å². The van der Waals surface area contributed by atoms with Gasteiger partial charge in [0.2, 0.25) is 0 Å². The third-order valence-corrected chi connectivity index (χ3v) is 5.79. The van der Waals surface area contributed by atoms with Crippen LogP contribution in [0.1, 0.15) is 83.6 Å². The number of ether oxygens (including phenoxy) is 2. The summed E-state index contributed by atoms with van der Waals surface area (Å²) in [7, 11) is 3.55. The van der Waals surface area contributed by atoms with Gasteiger partial charge in [0.1, 0.15) is 0 Å². The number of nitrogens with one attached hydrogen (secondary N) is 1. The topological polar surface area (TPSA) is 30.5 Å². The summed E-state index contributed by atoms with van der Waals surface area (Å²) in [6, 6.07) is 10.6. The molecular formula is C24H43NO2. The first-order chi connectivity index (χ1) is 13.2. The fraction of sp³-hybridized carbons (Fsp3) is 0.750. The molecule has 1 rings (SSSR count). The highest BCUT2D eigenvalue weighted by Gasteiger charge is 2.33. The van der Waals surface area contributed by atoms with E-state index in [9.17, 15) is 0 Å². The molecule has 0 saturated heterocycles. The molecule has 0 amide bonds. The van der Waals surface area contributed by atoms with Gasteiger partial charge >= 0.3 is 0 Å². The summed E-state index contributed by atoms with van der Waals surface area (Å²) < 4.78 is 11.5. The van der Waals surface area contributed by atoms with Gasteiger partial charge in [-0.1, -0.05) is 82.2 Å². The number of hydrogen-bond donors (Lipinski definition) is 1. The molecule has 1 atom stereocenters. The maximum Gasteiger partial charge on any atom is 0.167 e. The maximum atomic E-state index is 5.74. The molecule has 1 aromatic carbocycles. The van der Waals surface area contributed by atoms with Gasteiger partial charge in [-0.15, -0.1) is 0 Å². The fourth-order valence-corrected chi connectivity index (χ4v) is 3.73. The number of benzene rings is 1. The van der Waals surface area contributed by atoms with Crippen LogP contribution in [0.25, 0.3) is 0 Å². The number of unbranched alkanes of at least 4 members (excludes halogenated alkanes) is 6. The molecule has 0 aliphatic heterocycles. The van der Waals surface area contributed by atoms with E-state index in [-0.39, 0.29) is 0 Å². The van der Waals surface area contributed by atoms with Gasteiger partial charge in [0.05, 0.1) is 0 Å².